The standard InChI is InChI=1S/C17H18N/c1-2-3-12-18-13-6-9-17(18)16-11-10-14-7-4-5-8-15(14)16/h4-11,13H,2-3,12H2,1H3. The second-order valence-corrected chi connectivity index (χ2v) is 4.77. The quantitative estimate of drug-likeness (QED) is 0.746. The number of allylic oxidation sites excluding steroid dienone is 1. The van der Waals surface area contributed by atoms with Crippen molar-refractivity contribution in [2.45, 2.75) is 26.3 Å². The molecule has 0 unspecified atom stereocenters. The predicted octanol–water partition coefficient (Wildman–Crippen LogP) is 4.29. The fourth-order valence-electron chi connectivity index (χ4n) is 2.56. The minimum atomic E-state index is 1.11. The fraction of sp³-hybridized carbons (Fsp3) is 0.235. The Kier molecular flexibility index (Phi) is 3.06. The molecule has 1 aromatic carbocycles. The third-order valence-electron chi connectivity index (χ3n) is 3.54. The zero-order valence-corrected chi connectivity index (χ0v) is 10.8. The van der Waals surface area contributed by atoms with Gasteiger partial charge in [-0.25, -0.2) is 0 Å². The Morgan fingerprint density at radius 1 is 1.00 bits per heavy atom. The summed E-state index contributed by atoms with van der Waals surface area (Å²) in [5.41, 5.74) is 4.02. The Labute approximate surface area is 109 Å². The largest absolute Gasteiger partial charge is 0.350 e. The molecule has 1 heterocycles. The first kappa shape index (κ1) is 11.3. The second-order valence-electron chi connectivity index (χ2n) is 4.77. The maximum absolute atomic E-state index is 2.37. The normalized spacial score (nSPS) is 14.1. The molecule has 0 fully saturated rings. The van der Waals surface area contributed by atoms with Crippen LogP contribution in [0.15, 0.2) is 48.7 Å². The zero-order chi connectivity index (χ0) is 12.4. The molecule has 18 heavy (non-hydrogen) atoms. The zero-order valence-electron chi connectivity index (χ0n) is 10.8. The summed E-state index contributed by atoms with van der Waals surface area (Å²) in [4.78, 5) is 0. The van der Waals surface area contributed by atoms with Gasteiger partial charge < -0.3 is 4.57 Å². The summed E-state index contributed by atoms with van der Waals surface area (Å²) in [5, 5.41) is 0. The van der Waals surface area contributed by atoms with Crippen molar-refractivity contribution in [1.29, 1.82) is 0 Å². The van der Waals surface area contributed by atoms with E-state index in [0.717, 1.165) is 6.54 Å². The van der Waals surface area contributed by atoms with Gasteiger partial charge in [-0.1, -0.05) is 49.8 Å². The van der Waals surface area contributed by atoms with E-state index in [2.05, 4.69) is 66.2 Å². The fourth-order valence-corrected chi connectivity index (χ4v) is 2.56. The first-order valence-electron chi connectivity index (χ1n) is 6.70. The van der Waals surface area contributed by atoms with E-state index in [9.17, 15) is 0 Å². The molecular formula is C17H18N. The summed E-state index contributed by atoms with van der Waals surface area (Å²) in [5.74, 6) is 1.35. The van der Waals surface area contributed by atoms with Gasteiger partial charge in [0, 0.05) is 18.4 Å². The lowest BCUT2D eigenvalue weighted by atomic mass is 9.97. The summed E-state index contributed by atoms with van der Waals surface area (Å²) in [6, 6.07) is 13.0. The number of fused-ring (bicyclic) bond motifs is 1. The molecular weight excluding hydrogens is 218 g/mol. The van der Waals surface area contributed by atoms with Gasteiger partial charge in [0.1, 0.15) is 0 Å². The van der Waals surface area contributed by atoms with Gasteiger partial charge in [-0.15, -0.1) is 0 Å². The summed E-state index contributed by atoms with van der Waals surface area (Å²) in [7, 11) is 0. The van der Waals surface area contributed by atoms with E-state index >= 15 is 0 Å². The van der Waals surface area contributed by atoms with Crippen LogP contribution in [0.5, 0.6) is 0 Å². The number of nitrogens with zero attached hydrogens (tertiary/aromatic N) is 1. The lowest BCUT2D eigenvalue weighted by Gasteiger charge is -2.14. The van der Waals surface area contributed by atoms with Crippen molar-refractivity contribution in [3.8, 4) is 0 Å². The van der Waals surface area contributed by atoms with Gasteiger partial charge in [-0.2, -0.15) is 0 Å². The number of aryl methyl sites for hydroxylation is 1. The van der Waals surface area contributed by atoms with Crippen LogP contribution in [-0.4, -0.2) is 4.57 Å². The van der Waals surface area contributed by atoms with Crippen LogP contribution in [0.1, 0.15) is 36.6 Å². The number of hydrogen-bond acceptors (Lipinski definition) is 0. The highest BCUT2D eigenvalue weighted by Crippen LogP contribution is 2.34. The van der Waals surface area contributed by atoms with E-state index in [1.54, 1.807) is 0 Å². The topological polar surface area (TPSA) is 4.93 Å². The molecule has 0 spiro atoms. The van der Waals surface area contributed by atoms with Crippen molar-refractivity contribution >= 4 is 6.08 Å². The average molecular weight is 236 g/mol. The molecule has 2 aromatic rings. The van der Waals surface area contributed by atoms with E-state index < -0.39 is 0 Å². The highest BCUT2D eigenvalue weighted by atomic mass is 15.0. The number of benzene rings is 1. The summed E-state index contributed by atoms with van der Waals surface area (Å²) in [6.45, 7) is 3.35. The Balaban J connectivity index is 1.93. The lowest BCUT2D eigenvalue weighted by Crippen LogP contribution is -2.06. The third kappa shape index (κ3) is 1.90. The van der Waals surface area contributed by atoms with Gasteiger partial charge in [0.2, 0.25) is 0 Å². The first-order valence-corrected chi connectivity index (χ1v) is 6.70. The lowest BCUT2D eigenvalue weighted by molar-refractivity contribution is 0.622. The molecule has 0 aliphatic heterocycles. The van der Waals surface area contributed by atoms with Crippen LogP contribution in [0.3, 0.4) is 0 Å². The minimum absolute atomic E-state index is 1.11. The van der Waals surface area contributed by atoms with E-state index in [4.69, 9.17) is 0 Å². The maximum atomic E-state index is 2.37. The molecule has 0 bridgehead atoms. The SMILES string of the molecule is CCCCn1cccc1[C]1C=Cc2ccccc21. The monoisotopic (exact) mass is 236 g/mol. The smallest absolute Gasteiger partial charge is 0.0730 e. The van der Waals surface area contributed by atoms with Gasteiger partial charge in [0.05, 0.1) is 5.92 Å². The molecule has 0 atom stereocenters. The molecule has 0 saturated carbocycles. The number of hydrogen-bond donors (Lipinski definition) is 0. The molecule has 0 amide bonds. The molecule has 1 heteroatoms. The Bertz CT molecular complexity index is 562. The highest BCUT2D eigenvalue weighted by molar-refractivity contribution is 5.72. The maximum Gasteiger partial charge on any atom is 0.0730 e. The molecule has 0 saturated heterocycles. The molecule has 1 aromatic heterocycles. The highest BCUT2D eigenvalue weighted by Gasteiger charge is 2.21. The minimum Gasteiger partial charge on any atom is -0.350 e. The van der Waals surface area contributed by atoms with Gasteiger partial charge in [0.15, 0.2) is 0 Å². The number of unbranched alkanes of at least 4 members (excludes halogenated alkanes) is 1. The van der Waals surface area contributed by atoms with Crippen LogP contribution in [0.2, 0.25) is 0 Å². The van der Waals surface area contributed by atoms with Crippen molar-refractivity contribution in [2.24, 2.45) is 0 Å². The third-order valence-corrected chi connectivity index (χ3v) is 3.54. The first-order chi connectivity index (χ1) is 8.90. The van der Waals surface area contributed by atoms with Gasteiger partial charge in [-0.3, -0.25) is 0 Å². The van der Waals surface area contributed by atoms with Crippen LogP contribution < -0.4 is 0 Å². The van der Waals surface area contributed by atoms with Crippen molar-refractivity contribution in [3.63, 3.8) is 0 Å². The van der Waals surface area contributed by atoms with Crippen LogP contribution in [0.25, 0.3) is 6.08 Å². The Morgan fingerprint density at radius 3 is 2.78 bits per heavy atom. The Hall–Kier alpha value is -1.76. The van der Waals surface area contributed by atoms with Crippen LogP contribution in [-0.2, 0) is 6.54 Å². The summed E-state index contributed by atoms with van der Waals surface area (Å²) in [6.07, 6.45) is 9.11. The molecule has 91 valence electrons. The molecule has 1 radical (unpaired) electrons. The van der Waals surface area contributed by atoms with Crippen LogP contribution >= 0.6 is 0 Å². The van der Waals surface area contributed by atoms with Gasteiger partial charge in [0.25, 0.3) is 0 Å². The van der Waals surface area contributed by atoms with Crippen LogP contribution in [0, 0.1) is 5.92 Å². The number of aromatic nitrogens is 1. The van der Waals surface area contributed by atoms with Gasteiger partial charge >= 0.3 is 0 Å². The Morgan fingerprint density at radius 2 is 1.89 bits per heavy atom. The van der Waals surface area contributed by atoms with Gasteiger partial charge in [-0.05, 0) is 29.7 Å². The van der Waals surface area contributed by atoms with E-state index in [1.165, 1.54) is 35.6 Å². The second kappa shape index (κ2) is 4.85. The molecule has 1 aliphatic rings. The average Bonchev–Trinajstić information content (AvgIpc) is 3.02. The summed E-state index contributed by atoms with van der Waals surface area (Å²) >= 11 is 0. The van der Waals surface area contributed by atoms with Crippen molar-refractivity contribution in [3.05, 3.63) is 71.4 Å². The van der Waals surface area contributed by atoms with Crippen molar-refractivity contribution in [2.75, 3.05) is 0 Å². The van der Waals surface area contributed by atoms with E-state index in [-0.39, 0.29) is 0 Å². The molecule has 1 aliphatic carbocycles. The predicted molar refractivity (Wildman–Crippen MR) is 76.3 cm³/mol. The molecule has 0 N–H and O–H groups in total. The van der Waals surface area contributed by atoms with Crippen LogP contribution in [0.4, 0.5) is 0 Å². The van der Waals surface area contributed by atoms with Crippen molar-refractivity contribution < 1.29 is 0 Å². The summed E-state index contributed by atoms with van der Waals surface area (Å²) < 4.78 is 2.37. The van der Waals surface area contributed by atoms with E-state index in [0.29, 0.717) is 0 Å². The number of rotatable bonds is 4. The van der Waals surface area contributed by atoms with Crippen molar-refractivity contribution in [1.82, 2.24) is 4.57 Å². The van der Waals surface area contributed by atoms with E-state index in [1.807, 2.05) is 0 Å². The molecule has 3 rings (SSSR count). The molecule has 1 nitrogen and oxygen atoms in total.